The van der Waals surface area contributed by atoms with Crippen molar-refractivity contribution in [3.05, 3.63) is 47.2 Å². The molecule has 0 radical (unpaired) electrons. The van der Waals surface area contributed by atoms with Gasteiger partial charge in [0.25, 0.3) is 8.32 Å². The van der Waals surface area contributed by atoms with Crippen molar-refractivity contribution in [3.63, 3.8) is 0 Å². The summed E-state index contributed by atoms with van der Waals surface area (Å²) in [5.74, 6) is 3.61. The van der Waals surface area contributed by atoms with Gasteiger partial charge in [-0.25, -0.2) is 23.2 Å². The number of halogens is 3. The Bertz CT molecular complexity index is 2440. The maximum absolute atomic E-state index is 18.4. The maximum Gasteiger partial charge on any atom is 0.319 e. The highest BCUT2D eigenvalue weighted by molar-refractivity contribution is 6.90. The zero-order valence-electron chi connectivity index (χ0n) is 41.2. The molecule has 8 nitrogen and oxygen atoms in total. The van der Waals surface area contributed by atoms with Crippen LogP contribution in [0.3, 0.4) is 0 Å². The molecule has 8 rings (SSSR count). The quantitative estimate of drug-likeness (QED) is 0.103. The van der Waals surface area contributed by atoms with Crippen LogP contribution in [0.2, 0.25) is 33.2 Å². The Kier molecular flexibility index (Phi) is 13.5. The number of alkyl halides is 1. The van der Waals surface area contributed by atoms with Gasteiger partial charge in [0.2, 0.25) is 0 Å². The van der Waals surface area contributed by atoms with Gasteiger partial charge in [0.1, 0.15) is 43.6 Å². The molecule has 0 aliphatic carbocycles. The van der Waals surface area contributed by atoms with E-state index in [9.17, 15) is 4.39 Å². The largest absolute Gasteiger partial charge is 0.543 e. The smallest absolute Gasteiger partial charge is 0.319 e. The number of hydrazine groups is 1. The first-order valence-corrected chi connectivity index (χ1v) is 29.1. The van der Waals surface area contributed by atoms with Gasteiger partial charge < -0.3 is 9.16 Å². The van der Waals surface area contributed by atoms with Crippen molar-refractivity contribution in [2.24, 2.45) is 0 Å². The second kappa shape index (κ2) is 18.4. The van der Waals surface area contributed by atoms with Crippen molar-refractivity contribution in [3.8, 4) is 34.5 Å². The average molecular weight is 927 g/mol. The van der Waals surface area contributed by atoms with E-state index >= 15 is 8.78 Å². The standard InChI is InChI=1S/C52H73F3N6O2Si2/c1-32(2)64(33(3)4,34(5)6)26-20-41-43(54)18-17-38-27-40(63-65(35(7)8,36(9)10)37(11)12)28-42(45(38)41)48-47(55)49-46-44(56-48)19-25-60-23-14-13-15-24-61(60)50(46)58-51(57-49)62-31-52-21-16-22-59(52)30-39(53)29-52/h17-18,27-28,32-37,39H,13-16,19,21-25,29-31H2,1-12H3/t39-,52+/m1/s1. The van der Waals surface area contributed by atoms with E-state index in [-0.39, 0.29) is 46.0 Å². The zero-order valence-corrected chi connectivity index (χ0v) is 43.2. The van der Waals surface area contributed by atoms with Crippen molar-refractivity contribution < 1.29 is 22.3 Å². The van der Waals surface area contributed by atoms with Gasteiger partial charge in [0, 0.05) is 50.0 Å². The van der Waals surface area contributed by atoms with Gasteiger partial charge in [0.15, 0.2) is 11.6 Å². The molecule has 6 heterocycles. The molecule has 65 heavy (non-hydrogen) atoms. The third kappa shape index (κ3) is 8.28. The van der Waals surface area contributed by atoms with Crippen LogP contribution in [0, 0.1) is 23.1 Å². The predicted octanol–water partition coefficient (Wildman–Crippen LogP) is 13.0. The molecule has 2 aromatic carbocycles. The van der Waals surface area contributed by atoms with Crippen LogP contribution in [0.5, 0.6) is 11.8 Å². The molecule has 13 heteroatoms. The number of nitrogens with zero attached hydrogens (tertiary/aromatic N) is 6. The number of ether oxygens (including phenoxy) is 1. The zero-order chi connectivity index (χ0) is 46.7. The van der Waals surface area contributed by atoms with Crippen LogP contribution in [0.15, 0.2) is 24.3 Å². The Hall–Kier alpha value is -3.71. The molecule has 4 aliphatic rings. The molecule has 4 aliphatic heterocycles. The molecule has 2 atom stereocenters. The van der Waals surface area contributed by atoms with Crippen LogP contribution in [0.4, 0.5) is 19.0 Å². The first-order chi connectivity index (χ1) is 30.8. The number of aromatic nitrogens is 3. The number of rotatable bonds is 12. The summed E-state index contributed by atoms with van der Waals surface area (Å²) in [7, 11) is -4.83. The lowest BCUT2D eigenvalue weighted by atomic mass is 9.95. The molecule has 0 spiro atoms. The summed E-state index contributed by atoms with van der Waals surface area (Å²) < 4.78 is 63.9. The monoisotopic (exact) mass is 927 g/mol. The molecular formula is C52H73F3N6O2Si2. The molecule has 0 saturated carbocycles. The van der Waals surface area contributed by atoms with E-state index < -0.39 is 39.7 Å². The lowest BCUT2D eigenvalue weighted by molar-refractivity contribution is 0.107. The third-order valence-corrected chi connectivity index (χ3v) is 28.4. The minimum absolute atomic E-state index is 0.0719. The van der Waals surface area contributed by atoms with Crippen molar-refractivity contribution in [1.82, 2.24) is 24.9 Å². The van der Waals surface area contributed by atoms with Crippen molar-refractivity contribution in [2.75, 3.05) is 44.3 Å². The normalized spacial score (nSPS) is 20.9. The van der Waals surface area contributed by atoms with Gasteiger partial charge in [-0.1, -0.05) is 101 Å². The van der Waals surface area contributed by atoms with Gasteiger partial charge in [0.05, 0.1) is 22.2 Å². The van der Waals surface area contributed by atoms with E-state index in [4.69, 9.17) is 24.1 Å². The number of anilines is 1. The molecule has 4 aromatic rings. The van der Waals surface area contributed by atoms with E-state index in [1.807, 2.05) is 12.1 Å². The Labute approximate surface area is 388 Å². The molecule has 3 saturated heterocycles. The summed E-state index contributed by atoms with van der Waals surface area (Å²) in [6.45, 7) is 30.7. The van der Waals surface area contributed by atoms with Crippen LogP contribution < -0.4 is 14.2 Å². The molecule has 3 fully saturated rings. The Morgan fingerprint density at radius 1 is 0.785 bits per heavy atom. The number of benzene rings is 2. The summed E-state index contributed by atoms with van der Waals surface area (Å²) in [6.07, 6.45) is 4.92. The fourth-order valence-electron chi connectivity index (χ4n) is 13.1. The molecule has 0 unspecified atom stereocenters. The Morgan fingerprint density at radius 3 is 2.15 bits per heavy atom. The molecule has 0 amide bonds. The van der Waals surface area contributed by atoms with Crippen LogP contribution >= 0.6 is 0 Å². The highest BCUT2D eigenvalue weighted by Crippen LogP contribution is 2.47. The third-order valence-electron chi connectivity index (χ3n) is 16.1. The van der Waals surface area contributed by atoms with Crippen LogP contribution in [-0.2, 0) is 6.42 Å². The molecule has 2 aromatic heterocycles. The van der Waals surface area contributed by atoms with E-state index in [2.05, 4.69) is 109 Å². The Morgan fingerprint density at radius 2 is 1.48 bits per heavy atom. The summed E-state index contributed by atoms with van der Waals surface area (Å²) >= 11 is 0. The minimum Gasteiger partial charge on any atom is -0.543 e. The SMILES string of the molecule is CC(C)[Si](C#Cc1c(F)ccc2cc(O[Si](C(C)C)(C(C)C)C(C)C)cc(-c3nc4c5c(nc(OC[C@@]67CCCN6C[C@H](F)C7)nc5c3F)N3CCCCCN3CC4)c12)(C(C)C)C(C)C. The highest BCUT2D eigenvalue weighted by atomic mass is 28.4. The number of hydrogen-bond acceptors (Lipinski definition) is 8. The van der Waals surface area contributed by atoms with Crippen molar-refractivity contribution >= 4 is 43.9 Å². The fraction of sp³-hybridized carbons (Fsp3) is 0.635. The lowest BCUT2D eigenvalue weighted by Gasteiger charge is -2.42. The highest BCUT2D eigenvalue weighted by Gasteiger charge is 2.50. The van der Waals surface area contributed by atoms with Crippen LogP contribution in [0.1, 0.15) is 133 Å². The summed E-state index contributed by atoms with van der Waals surface area (Å²) in [6, 6.07) is 7.25. The lowest BCUT2D eigenvalue weighted by Crippen LogP contribution is -2.50. The minimum atomic E-state index is -2.51. The molecule has 0 bridgehead atoms. The van der Waals surface area contributed by atoms with E-state index in [1.54, 1.807) is 6.07 Å². The second-order valence-corrected chi connectivity index (χ2v) is 32.5. The predicted molar refractivity (Wildman–Crippen MR) is 265 cm³/mol. The van der Waals surface area contributed by atoms with Gasteiger partial charge in [-0.15, -0.1) is 5.54 Å². The van der Waals surface area contributed by atoms with Crippen molar-refractivity contribution in [2.45, 2.75) is 173 Å². The van der Waals surface area contributed by atoms with E-state index in [0.29, 0.717) is 76.2 Å². The van der Waals surface area contributed by atoms with Crippen LogP contribution in [-0.4, -0.2) is 92.3 Å². The summed E-state index contributed by atoms with van der Waals surface area (Å²) in [5, 5.41) is 6.31. The average Bonchev–Trinajstić information content (AvgIpc) is 3.60. The fourth-order valence-corrected chi connectivity index (χ4v) is 23.5. The molecule has 352 valence electrons. The first kappa shape index (κ1) is 47.8. The first-order valence-electron chi connectivity index (χ1n) is 24.8. The maximum atomic E-state index is 18.4. The van der Waals surface area contributed by atoms with Gasteiger partial charge in [-0.05, 0) is 89.1 Å². The number of fused-ring (bicyclic) bond motifs is 4. The summed E-state index contributed by atoms with van der Waals surface area (Å²) in [5.41, 5.74) is 6.77. The van der Waals surface area contributed by atoms with Gasteiger partial charge in [-0.3, -0.25) is 9.91 Å². The van der Waals surface area contributed by atoms with Gasteiger partial charge >= 0.3 is 6.01 Å². The Balaban J connectivity index is 1.40. The van der Waals surface area contributed by atoms with E-state index in [1.165, 1.54) is 6.07 Å². The number of pyridine rings is 1. The number of hydrogen-bond donors (Lipinski definition) is 0. The van der Waals surface area contributed by atoms with E-state index in [0.717, 1.165) is 57.1 Å². The van der Waals surface area contributed by atoms with Crippen LogP contribution in [0.25, 0.3) is 32.9 Å². The topological polar surface area (TPSA) is 66.9 Å². The molecular weight excluding hydrogens is 854 g/mol. The summed E-state index contributed by atoms with van der Waals surface area (Å²) in [4.78, 5) is 17.5. The van der Waals surface area contributed by atoms with Crippen molar-refractivity contribution in [1.29, 1.82) is 0 Å². The second-order valence-electron chi connectivity index (χ2n) is 21.6. The molecule has 0 N–H and O–H groups in total. The van der Waals surface area contributed by atoms with Gasteiger partial charge in [-0.2, -0.15) is 9.97 Å².